The molecule has 23 heavy (non-hydrogen) atoms. The lowest BCUT2D eigenvalue weighted by Crippen LogP contribution is -2.22. The largest absolute Gasteiger partial charge is 0.439 e. The summed E-state index contributed by atoms with van der Waals surface area (Å²) in [7, 11) is 0. The van der Waals surface area contributed by atoms with Crippen molar-refractivity contribution >= 4 is 5.91 Å². The molecule has 0 atom stereocenters. The molecule has 6 nitrogen and oxygen atoms in total. The summed E-state index contributed by atoms with van der Waals surface area (Å²) in [6.07, 6.45) is 4.55. The molecular weight excluding hydrogens is 299 g/mol. The van der Waals surface area contributed by atoms with E-state index in [4.69, 9.17) is 4.74 Å². The van der Waals surface area contributed by atoms with Gasteiger partial charge in [0.05, 0.1) is 11.8 Å². The predicted octanol–water partition coefficient (Wildman–Crippen LogP) is 2.67. The average molecular weight is 312 g/mol. The van der Waals surface area contributed by atoms with Gasteiger partial charge in [0.15, 0.2) is 0 Å². The van der Waals surface area contributed by atoms with Crippen molar-refractivity contribution in [1.82, 2.24) is 20.5 Å². The summed E-state index contributed by atoms with van der Waals surface area (Å²) in [5, 5.41) is 9.07. The molecule has 0 saturated heterocycles. The first-order valence-electron chi connectivity index (χ1n) is 6.86. The second-order valence-electron chi connectivity index (χ2n) is 4.73. The van der Waals surface area contributed by atoms with Crippen LogP contribution in [0.15, 0.2) is 55.0 Å². The molecule has 0 aliphatic carbocycles. The summed E-state index contributed by atoms with van der Waals surface area (Å²) in [6.45, 7) is 0.326. The van der Waals surface area contributed by atoms with Gasteiger partial charge in [-0.3, -0.25) is 9.89 Å². The summed E-state index contributed by atoms with van der Waals surface area (Å²) in [4.78, 5) is 15.9. The minimum atomic E-state index is -0.332. The molecule has 0 spiro atoms. The molecule has 1 aromatic carbocycles. The topological polar surface area (TPSA) is 79.9 Å². The lowest BCUT2D eigenvalue weighted by atomic mass is 10.2. The second kappa shape index (κ2) is 6.69. The van der Waals surface area contributed by atoms with Crippen LogP contribution >= 0.6 is 0 Å². The molecule has 0 unspecified atom stereocenters. The van der Waals surface area contributed by atoms with Crippen molar-refractivity contribution in [2.24, 2.45) is 0 Å². The molecule has 1 amide bonds. The molecule has 0 saturated carbocycles. The van der Waals surface area contributed by atoms with E-state index in [1.54, 1.807) is 18.3 Å². The Kier molecular flexibility index (Phi) is 4.28. The van der Waals surface area contributed by atoms with Crippen LogP contribution in [0.2, 0.25) is 0 Å². The Balaban J connectivity index is 1.63. The fourth-order valence-electron chi connectivity index (χ4n) is 1.90. The van der Waals surface area contributed by atoms with Crippen molar-refractivity contribution in [3.8, 4) is 11.6 Å². The third-order valence-corrected chi connectivity index (χ3v) is 3.05. The third-order valence-electron chi connectivity index (χ3n) is 3.05. The predicted molar refractivity (Wildman–Crippen MR) is 80.5 cm³/mol. The third kappa shape index (κ3) is 3.91. The minimum Gasteiger partial charge on any atom is -0.439 e. The number of aromatic amines is 1. The van der Waals surface area contributed by atoms with Crippen LogP contribution in [0.25, 0.3) is 0 Å². The number of amides is 1. The highest BCUT2D eigenvalue weighted by molar-refractivity contribution is 5.93. The Labute approximate surface area is 131 Å². The number of aromatic nitrogens is 3. The quantitative estimate of drug-likeness (QED) is 0.759. The number of ether oxygens (including phenoxy) is 1. The number of H-pyrrole nitrogens is 1. The van der Waals surface area contributed by atoms with Gasteiger partial charge in [0.2, 0.25) is 5.88 Å². The molecular formula is C16H13FN4O2. The van der Waals surface area contributed by atoms with Crippen LogP contribution in [0.5, 0.6) is 11.6 Å². The minimum absolute atomic E-state index is 0.225. The Bertz CT molecular complexity index is 788. The Hall–Kier alpha value is -3.22. The first kappa shape index (κ1) is 14.7. The Morgan fingerprint density at radius 1 is 1.26 bits per heavy atom. The van der Waals surface area contributed by atoms with Crippen molar-refractivity contribution in [2.75, 3.05) is 0 Å². The van der Waals surface area contributed by atoms with E-state index in [0.717, 1.165) is 5.56 Å². The monoisotopic (exact) mass is 312 g/mol. The maximum Gasteiger partial charge on any atom is 0.254 e. The van der Waals surface area contributed by atoms with E-state index >= 15 is 0 Å². The van der Waals surface area contributed by atoms with E-state index in [2.05, 4.69) is 20.5 Å². The van der Waals surface area contributed by atoms with Crippen LogP contribution in [-0.4, -0.2) is 21.1 Å². The molecule has 2 N–H and O–H groups in total. The Morgan fingerprint density at radius 3 is 2.83 bits per heavy atom. The zero-order valence-electron chi connectivity index (χ0n) is 12.0. The summed E-state index contributed by atoms with van der Waals surface area (Å²) in [5.41, 5.74) is 1.29. The van der Waals surface area contributed by atoms with Gasteiger partial charge < -0.3 is 10.1 Å². The van der Waals surface area contributed by atoms with Crippen molar-refractivity contribution in [3.05, 3.63) is 71.9 Å². The van der Waals surface area contributed by atoms with Crippen molar-refractivity contribution in [1.29, 1.82) is 0 Å². The van der Waals surface area contributed by atoms with Crippen LogP contribution in [0.3, 0.4) is 0 Å². The summed E-state index contributed by atoms with van der Waals surface area (Å²) in [5.74, 6) is 0.294. The molecule has 116 valence electrons. The smallest absolute Gasteiger partial charge is 0.254 e. The average Bonchev–Trinajstić information content (AvgIpc) is 3.10. The van der Waals surface area contributed by atoms with Crippen LogP contribution in [-0.2, 0) is 6.54 Å². The van der Waals surface area contributed by atoms with E-state index in [1.807, 2.05) is 0 Å². The van der Waals surface area contributed by atoms with Crippen LogP contribution < -0.4 is 10.1 Å². The van der Waals surface area contributed by atoms with Gasteiger partial charge in [0.1, 0.15) is 11.6 Å². The van der Waals surface area contributed by atoms with Gasteiger partial charge in [-0.1, -0.05) is 0 Å². The number of carbonyl (C=O) groups excluding carboxylic acids is 1. The molecule has 2 aromatic heterocycles. The number of halogens is 1. The van der Waals surface area contributed by atoms with Crippen molar-refractivity contribution in [2.45, 2.75) is 6.54 Å². The highest BCUT2D eigenvalue weighted by Gasteiger charge is 2.07. The van der Waals surface area contributed by atoms with Crippen molar-refractivity contribution in [3.63, 3.8) is 0 Å². The molecule has 7 heteroatoms. The number of nitrogens with one attached hydrogen (secondary N) is 2. The SMILES string of the molecule is O=C(NCc1ccnc(Oc2ccc(F)cc2)c1)c1cn[nH]c1. The van der Waals surface area contributed by atoms with Gasteiger partial charge in [0, 0.05) is 25.0 Å². The van der Waals surface area contributed by atoms with Crippen LogP contribution in [0.1, 0.15) is 15.9 Å². The fourth-order valence-corrected chi connectivity index (χ4v) is 1.90. The number of nitrogens with zero attached hydrogens (tertiary/aromatic N) is 2. The van der Waals surface area contributed by atoms with Crippen LogP contribution in [0.4, 0.5) is 4.39 Å². The van der Waals surface area contributed by atoms with E-state index in [1.165, 1.54) is 36.7 Å². The first-order chi connectivity index (χ1) is 11.2. The van der Waals surface area contributed by atoms with E-state index in [-0.39, 0.29) is 11.7 Å². The van der Waals surface area contributed by atoms with E-state index in [0.29, 0.717) is 23.7 Å². The number of hydrogen-bond donors (Lipinski definition) is 2. The van der Waals surface area contributed by atoms with Crippen LogP contribution in [0, 0.1) is 5.82 Å². The highest BCUT2D eigenvalue weighted by atomic mass is 19.1. The zero-order valence-corrected chi connectivity index (χ0v) is 12.0. The molecule has 3 rings (SSSR count). The van der Waals surface area contributed by atoms with Gasteiger partial charge in [-0.15, -0.1) is 0 Å². The standard InChI is InChI=1S/C16H13FN4O2/c17-13-1-3-14(4-2-13)23-15-7-11(5-6-18-15)8-19-16(22)12-9-20-21-10-12/h1-7,9-10H,8H2,(H,19,22)(H,20,21). The molecule has 2 heterocycles. The van der Waals surface area contributed by atoms with Gasteiger partial charge in [-0.25, -0.2) is 9.37 Å². The molecule has 0 aliphatic rings. The maximum absolute atomic E-state index is 12.9. The highest BCUT2D eigenvalue weighted by Crippen LogP contribution is 2.20. The summed E-state index contributed by atoms with van der Waals surface area (Å²) < 4.78 is 18.4. The van der Waals surface area contributed by atoms with E-state index < -0.39 is 0 Å². The molecule has 0 radical (unpaired) electrons. The lowest BCUT2D eigenvalue weighted by Gasteiger charge is -2.07. The molecule has 3 aromatic rings. The Morgan fingerprint density at radius 2 is 2.09 bits per heavy atom. The zero-order chi connectivity index (χ0) is 16.1. The molecule has 0 fully saturated rings. The van der Waals surface area contributed by atoms with E-state index in [9.17, 15) is 9.18 Å². The summed E-state index contributed by atoms with van der Waals surface area (Å²) in [6, 6.07) is 9.13. The maximum atomic E-state index is 12.9. The second-order valence-corrected chi connectivity index (χ2v) is 4.73. The normalized spacial score (nSPS) is 10.3. The number of rotatable bonds is 5. The van der Waals surface area contributed by atoms with Gasteiger partial charge in [-0.05, 0) is 35.9 Å². The van der Waals surface area contributed by atoms with Gasteiger partial charge >= 0.3 is 0 Å². The lowest BCUT2D eigenvalue weighted by molar-refractivity contribution is 0.0951. The summed E-state index contributed by atoms with van der Waals surface area (Å²) >= 11 is 0. The van der Waals surface area contributed by atoms with Crippen molar-refractivity contribution < 1.29 is 13.9 Å². The van der Waals surface area contributed by atoms with Gasteiger partial charge in [-0.2, -0.15) is 5.10 Å². The number of benzene rings is 1. The van der Waals surface area contributed by atoms with Gasteiger partial charge in [0.25, 0.3) is 5.91 Å². The first-order valence-corrected chi connectivity index (χ1v) is 6.86. The number of hydrogen-bond acceptors (Lipinski definition) is 4. The molecule has 0 bridgehead atoms. The number of pyridine rings is 1. The molecule has 0 aliphatic heterocycles. The number of carbonyl (C=O) groups is 1. The fraction of sp³-hybridized carbons (Fsp3) is 0.0625.